The number of carboxylic acids is 1. The van der Waals surface area contributed by atoms with Crippen LogP contribution >= 0.6 is 11.6 Å². The summed E-state index contributed by atoms with van der Waals surface area (Å²) in [4.78, 5) is 23.5. The molecule has 0 unspecified atom stereocenters. The summed E-state index contributed by atoms with van der Waals surface area (Å²) in [6, 6.07) is 11.8. The fourth-order valence-corrected chi connectivity index (χ4v) is 3.07. The van der Waals surface area contributed by atoms with Gasteiger partial charge in [0, 0.05) is 11.4 Å². The Kier molecular flexibility index (Phi) is 8.80. The number of benzene rings is 2. The van der Waals surface area contributed by atoms with Gasteiger partial charge in [0.25, 0.3) is 0 Å². The van der Waals surface area contributed by atoms with Crippen molar-refractivity contribution in [1.82, 2.24) is 5.32 Å². The number of nitrogens with one attached hydrogen (secondary N) is 1. The molecule has 0 saturated carbocycles. The molecule has 29 heavy (non-hydrogen) atoms. The van der Waals surface area contributed by atoms with Gasteiger partial charge < -0.3 is 19.9 Å². The minimum atomic E-state index is -0.981. The van der Waals surface area contributed by atoms with Crippen molar-refractivity contribution in [2.45, 2.75) is 39.2 Å². The van der Waals surface area contributed by atoms with Crippen molar-refractivity contribution in [3.63, 3.8) is 0 Å². The predicted molar refractivity (Wildman–Crippen MR) is 112 cm³/mol. The first-order valence-corrected chi connectivity index (χ1v) is 9.89. The van der Waals surface area contributed by atoms with Crippen molar-refractivity contribution in [1.29, 1.82) is 0 Å². The minimum Gasteiger partial charge on any atom is -0.494 e. The predicted octanol–water partition coefficient (Wildman–Crippen LogP) is 4.54. The Balaban J connectivity index is 1.86. The number of rotatable bonds is 11. The maximum Gasteiger partial charge on any atom is 0.305 e. The molecule has 2 aromatic rings. The second-order valence-electron chi connectivity index (χ2n) is 6.58. The first-order valence-electron chi connectivity index (χ1n) is 9.52. The van der Waals surface area contributed by atoms with E-state index in [0.717, 1.165) is 16.9 Å². The summed E-state index contributed by atoms with van der Waals surface area (Å²) < 4.78 is 11.1. The van der Waals surface area contributed by atoms with Gasteiger partial charge >= 0.3 is 5.97 Å². The van der Waals surface area contributed by atoms with Crippen LogP contribution in [0.4, 0.5) is 0 Å². The number of hydrogen-bond acceptors (Lipinski definition) is 4. The van der Waals surface area contributed by atoms with Crippen LogP contribution in [0.5, 0.6) is 11.5 Å². The van der Waals surface area contributed by atoms with Gasteiger partial charge in [0.1, 0.15) is 11.5 Å². The molecule has 2 aromatic carbocycles. The van der Waals surface area contributed by atoms with Crippen molar-refractivity contribution in [2.24, 2.45) is 0 Å². The molecule has 0 radical (unpaired) electrons. The van der Waals surface area contributed by atoms with Gasteiger partial charge in [0.15, 0.2) is 0 Å². The Morgan fingerprint density at radius 1 is 1.14 bits per heavy atom. The van der Waals surface area contributed by atoms with Crippen LogP contribution in [0.25, 0.3) is 0 Å². The number of carbonyl (C=O) groups excluding carboxylic acids is 1. The van der Waals surface area contributed by atoms with Crippen LogP contribution in [0.1, 0.15) is 43.4 Å². The van der Waals surface area contributed by atoms with Crippen LogP contribution in [-0.2, 0) is 9.59 Å². The van der Waals surface area contributed by atoms with Crippen molar-refractivity contribution in [3.8, 4) is 11.5 Å². The van der Waals surface area contributed by atoms with Gasteiger partial charge in [0.2, 0.25) is 5.91 Å². The topological polar surface area (TPSA) is 84.9 Å². The zero-order valence-electron chi connectivity index (χ0n) is 16.6. The third-order valence-electron chi connectivity index (χ3n) is 4.25. The zero-order valence-corrected chi connectivity index (χ0v) is 17.4. The molecule has 6 nitrogen and oxygen atoms in total. The highest BCUT2D eigenvalue weighted by Gasteiger charge is 2.18. The van der Waals surface area contributed by atoms with E-state index in [1.165, 1.54) is 0 Å². The number of aryl methyl sites for hydroxylation is 1. The second kappa shape index (κ2) is 11.3. The van der Waals surface area contributed by atoms with Crippen molar-refractivity contribution in [2.75, 3.05) is 13.2 Å². The average Bonchev–Trinajstić information content (AvgIpc) is 2.66. The molecule has 2 N–H and O–H groups in total. The molecule has 0 spiro atoms. The molecule has 0 saturated heterocycles. The van der Waals surface area contributed by atoms with Crippen molar-refractivity contribution < 1.29 is 24.2 Å². The molecule has 0 aliphatic carbocycles. The minimum absolute atomic E-state index is 0.194. The summed E-state index contributed by atoms with van der Waals surface area (Å²) in [5.41, 5.74) is 1.65. The monoisotopic (exact) mass is 419 g/mol. The van der Waals surface area contributed by atoms with Crippen LogP contribution < -0.4 is 14.8 Å². The van der Waals surface area contributed by atoms with E-state index in [0.29, 0.717) is 30.4 Å². The van der Waals surface area contributed by atoms with Gasteiger partial charge in [0.05, 0.1) is 25.7 Å². The largest absolute Gasteiger partial charge is 0.494 e. The summed E-state index contributed by atoms with van der Waals surface area (Å²) in [6.45, 7) is 4.72. The molecule has 0 bridgehead atoms. The third-order valence-corrected chi connectivity index (χ3v) is 4.49. The highest BCUT2D eigenvalue weighted by atomic mass is 35.5. The fourth-order valence-electron chi connectivity index (χ4n) is 2.85. The van der Waals surface area contributed by atoms with Gasteiger partial charge in [-0.15, -0.1) is 0 Å². The fraction of sp³-hybridized carbons (Fsp3) is 0.364. The van der Waals surface area contributed by atoms with Gasteiger partial charge in [-0.05, 0) is 61.7 Å². The zero-order chi connectivity index (χ0) is 21.2. The quantitative estimate of drug-likeness (QED) is 0.522. The van der Waals surface area contributed by atoms with E-state index in [2.05, 4.69) is 5.32 Å². The summed E-state index contributed by atoms with van der Waals surface area (Å²) in [7, 11) is 0. The molecule has 0 aromatic heterocycles. The summed E-state index contributed by atoms with van der Waals surface area (Å²) >= 11 is 5.92. The van der Waals surface area contributed by atoms with Gasteiger partial charge in [-0.3, -0.25) is 9.59 Å². The van der Waals surface area contributed by atoms with Crippen molar-refractivity contribution >= 4 is 23.5 Å². The highest BCUT2D eigenvalue weighted by Crippen LogP contribution is 2.23. The molecule has 1 amide bonds. The van der Waals surface area contributed by atoms with E-state index < -0.39 is 12.0 Å². The molecular weight excluding hydrogens is 394 g/mol. The number of carbonyl (C=O) groups is 2. The van der Waals surface area contributed by atoms with E-state index in [9.17, 15) is 14.7 Å². The highest BCUT2D eigenvalue weighted by molar-refractivity contribution is 6.30. The van der Waals surface area contributed by atoms with E-state index in [-0.39, 0.29) is 18.7 Å². The van der Waals surface area contributed by atoms with Crippen LogP contribution in [-0.4, -0.2) is 30.2 Å². The lowest BCUT2D eigenvalue weighted by Gasteiger charge is -2.18. The van der Waals surface area contributed by atoms with Gasteiger partial charge in [-0.1, -0.05) is 23.7 Å². The molecule has 0 aliphatic rings. The van der Waals surface area contributed by atoms with E-state index >= 15 is 0 Å². The molecule has 7 heteroatoms. The number of aliphatic carboxylic acids is 1. The lowest BCUT2D eigenvalue weighted by molar-refractivity contribution is -0.137. The van der Waals surface area contributed by atoms with Crippen LogP contribution in [0.3, 0.4) is 0 Å². The molecule has 0 aliphatic heterocycles. The molecular formula is C22H26ClNO5. The van der Waals surface area contributed by atoms with Gasteiger partial charge in [-0.25, -0.2) is 0 Å². The maximum absolute atomic E-state index is 12.3. The Hall–Kier alpha value is -2.73. The second-order valence-corrected chi connectivity index (χ2v) is 7.02. The smallest absolute Gasteiger partial charge is 0.305 e. The number of halogens is 1. The normalized spacial score (nSPS) is 11.6. The maximum atomic E-state index is 12.3. The van der Waals surface area contributed by atoms with Crippen LogP contribution in [0.2, 0.25) is 5.02 Å². The van der Waals surface area contributed by atoms with E-state index in [4.69, 9.17) is 21.1 Å². The number of hydrogen-bond donors (Lipinski definition) is 2. The third kappa shape index (κ3) is 7.66. The van der Waals surface area contributed by atoms with E-state index in [1.54, 1.807) is 36.4 Å². The summed E-state index contributed by atoms with van der Waals surface area (Å²) in [6.07, 6.45) is 0.553. The Bertz CT molecular complexity index is 822. The first-order chi connectivity index (χ1) is 13.9. The molecule has 0 fully saturated rings. The number of carboxylic acid groups (broad SMARTS) is 1. The Morgan fingerprint density at radius 3 is 2.48 bits per heavy atom. The van der Waals surface area contributed by atoms with Crippen LogP contribution in [0, 0.1) is 6.92 Å². The van der Waals surface area contributed by atoms with Crippen LogP contribution in [0.15, 0.2) is 42.5 Å². The SMILES string of the molecule is CCOc1ccc([C@@H](CC(=O)O)NC(=O)CCCOc2ccc(Cl)cc2C)cc1. The number of ether oxygens (including phenoxy) is 2. The molecule has 0 heterocycles. The Morgan fingerprint density at radius 2 is 1.86 bits per heavy atom. The summed E-state index contributed by atoms with van der Waals surface area (Å²) in [5, 5.41) is 12.6. The molecule has 156 valence electrons. The lowest BCUT2D eigenvalue weighted by Crippen LogP contribution is -2.30. The van der Waals surface area contributed by atoms with Gasteiger partial charge in [-0.2, -0.15) is 0 Å². The van der Waals surface area contributed by atoms with E-state index in [1.807, 2.05) is 19.9 Å². The molecule has 2 rings (SSSR count). The summed E-state index contributed by atoms with van der Waals surface area (Å²) in [5.74, 6) is 0.228. The molecule has 1 atom stereocenters. The lowest BCUT2D eigenvalue weighted by atomic mass is 10.0. The average molecular weight is 420 g/mol. The number of amides is 1. The Labute approximate surface area is 175 Å². The first kappa shape index (κ1) is 22.6. The standard InChI is InChI=1S/C22H26ClNO5/c1-3-28-18-9-6-16(7-10-18)19(14-22(26)27)24-21(25)5-4-12-29-20-11-8-17(23)13-15(20)2/h6-11,13,19H,3-5,12,14H2,1-2H3,(H,24,25)(H,26,27)/t19-/m1/s1. The van der Waals surface area contributed by atoms with Crippen molar-refractivity contribution in [3.05, 3.63) is 58.6 Å².